The second-order valence-electron chi connectivity index (χ2n) is 4.62. The molecule has 0 saturated heterocycles. The average Bonchev–Trinajstić information content (AvgIpc) is 2.45. The maximum absolute atomic E-state index is 11.7. The van der Waals surface area contributed by atoms with Crippen LogP contribution in [0.15, 0.2) is 30.3 Å². The molecule has 114 valence electrons. The van der Waals surface area contributed by atoms with Crippen molar-refractivity contribution in [1.29, 1.82) is 0 Å². The van der Waals surface area contributed by atoms with Crippen molar-refractivity contribution in [1.82, 2.24) is 15.5 Å². The number of amides is 3. The summed E-state index contributed by atoms with van der Waals surface area (Å²) >= 11 is 0. The Morgan fingerprint density at radius 3 is 2.33 bits per heavy atom. The molecule has 3 N–H and O–H groups in total. The molecule has 0 aromatic heterocycles. The number of benzene rings is 1. The van der Waals surface area contributed by atoms with Crippen LogP contribution in [0.1, 0.15) is 18.0 Å². The van der Waals surface area contributed by atoms with Crippen LogP contribution in [0.2, 0.25) is 0 Å². The first kappa shape index (κ1) is 16.5. The Balaban J connectivity index is 2.51. The van der Waals surface area contributed by atoms with Crippen molar-refractivity contribution in [2.45, 2.75) is 12.5 Å². The highest BCUT2D eigenvalue weighted by atomic mass is 16.4. The summed E-state index contributed by atoms with van der Waals surface area (Å²) in [5.74, 6) is -1.27. The third-order valence-corrected chi connectivity index (χ3v) is 2.78. The monoisotopic (exact) mass is 293 g/mol. The highest BCUT2D eigenvalue weighted by Gasteiger charge is 2.21. The first-order chi connectivity index (χ1) is 9.91. The average molecular weight is 293 g/mol. The van der Waals surface area contributed by atoms with Gasteiger partial charge in [0.15, 0.2) is 6.04 Å². The largest absolute Gasteiger partial charge is 0.479 e. The number of hydrogen-bond acceptors (Lipinski definition) is 3. The molecule has 21 heavy (non-hydrogen) atoms. The fourth-order valence-corrected chi connectivity index (χ4v) is 1.62. The molecule has 1 rings (SSSR count). The Hall–Kier alpha value is -2.57. The molecule has 0 aliphatic rings. The Morgan fingerprint density at radius 2 is 1.81 bits per heavy atom. The summed E-state index contributed by atoms with van der Waals surface area (Å²) in [6.45, 7) is 0.143. The summed E-state index contributed by atoms with van der Waals surface area (Å²) in [4.78, 5) is 35.6. The van der Waals surface area contributed by atoms with Crippen LogP contribution in [0.3, 0.4) is 0 Å². The molecule has 7 nitrogen and oxygen atoms in total. The van der Waals surface area contributed by atoms with E-state index in [9.17, 15) is 14.4 Å². The molecule has 1 aromatic carbocycles. The highest BCUT2D eigenvalue weighted by Crippen LogP contribution is 2.12. The van der Waals surface area contributed by atoms with Crippen LogP contribution in [0, 0.1) is 0 Å². The number of carboxylic acid groups (broad SMARTS) is 1. The minimum absolute atomic E-state index is 0.117. The van der Waals surface area contributed by atoms with Gasteiger partial charge in [-0.25, -0.2) is 9.59 Å². The normalized spacial score (nSPS) is 11.3. The van der Waals surface area contributed by atoms with Crippen LogP contribution < -0.4 is 10.6 Å². The standard InChI is InChI=1S/C14H19N3O4/c1-17(2)11(18)8-9-15-14(21)16-12(13(19)20)10-6-4-3-5-7-10/h3-7,12H,8-9H2,1-2H3,(H,19,20)(H2,15,16,21)/t12-/m1/s1. The third-order valence-electron chi connectivity index (χ3n) is 2.78. The van der Waals surface area contributed by atoms with Crippen molar-refractivity contribution in [3.8, 4) is 0 Å². The molecule has 0 bridgehead atoms. The number of urea groups is 1. The zero-order valence-electron chi connectivity index (χ0n) is 12.0. The van der Waals surface area contributed by atoms with E-state index in [1.165, 1.54) is 4.90 Å². The second-order valence-corrected chi connectivity index (χ2v) is 4.62. The Kier molecular flexibility index (Phi) is 6.19. The van der Waals surface area contributed by atoms with E-state index in [0.717, 1.165) is 0 Å². The molecule has 0 aliphatic carbocycles. The van der Waals surface area contributed by atoms with Crippen molar-refractivity contribution >= 4 is 17.9 Å². The minimum Gasteiger partial charge on any atom is -0.479 e. The number of carboxylic acids is 1. The lowest BCUT2D eigenvalue weighted by molar-refractivity contribution is -0.139. The van der Waals surface area contributed by atoms with E-state index >= 15 is 0 Å². The molecule has 1 aromatic rings. The van der Waals surface area contributed by atoms with Crippen LogP contribution in [-0.2, 0) is 9.59 Å². The highest BCUT2D eigenvalue weighted by molar-refractivity contribution is 5.84. The molecule has 0 spiro atoms. The van der Waals surface area contributed by atoms with Crippen molar-refractivity contribution < 1.29 is 19.5 Å². The maximum atomic E-state index is 11.7. The molecular formula is C14H19N3O4. The summed E-state index contributed by atoms with van der Waals surface area (Å²) < 4.78 is 0. The van der Waals surface area contributed by atoms with Gasteiger partial charge in [0.1, 0.15) is 0 Å². The van der Waals surface area contributed by atoms with Gasteiger partial charge >= 0.3 is 12.0 Å². The molecule has 0 unspecified atom stereocenters. The molecule has 0 heterocycles. The van der Waals surface area contributed by atoms with Gasteiger partial charge in [-0.05, 0) is 5.56 Å². The summed E-state index contributed by atoms with van der Waals surface area (Å²) in [5, 5.41) is 14.0. The van der Waals surface area contributed by atoms with Crippen LogP contribution >= 0.6 is 0 Å². The molecular weight excluding hydrogens is 274 g/mol. The minimum atomic E-state index is -1.15. The lowest BCUT2D eigenvalue weighted by atomic mass is 10.1. The van der Waals surface area contributed by atoms with Crippen molar-refractivity contribution in [3.05, 3.63) is 35.9 Å². The number of hydrogen-bond donors (Lipinski definition) is 3. The van der Waals surface area contributed by atoms with E-state index in [1.54, 1.807) is 44.4 Å². The molecule has 7 heteroatoms. The van der Waals surface area contributed by atoms with Crippen molar-refractivity contribution in [2.75, 3.05) is 20.6 Å². The number of carbonyl (C=O) groups is 3. The molecule has 3 amide bonds. The quantitative estimate of drug-likeness (QED) is 0.715. The number of nitrogens with one attached hydrogen (secondary N) is 2. The van der Waals surface area contributed by atoms with Gasteiger partial charge in [-0.2, -0.15) is 0 Å². The van der Waals surface area contributed by atoms with Crippen molar-refractivity contribution in [3.63, 3.8) is 0 Å². The number of nitrogens with zero attached hydrogens (tertiary/aromatic N) is 1. The van der Waals surface area contributed by atoms with Gasteiger partial charge in [0, 0.05) is 27.1 Å². The van der Waals surface area contributed by atoms with Gasteiger partial charge < -0.3 is 20.6 Å². The van der Waals surface area contributed by atoms with Crippen molar-refractivity contribution in [2.24, 2.45) is 0 Å². The van der Waals surface area contributed by atoms with E-state index in [2.05, 4.69) is 10.6 Å². The zero-order valence-corrected chi connectivity index (χ0v) is 12.0. The lowest BCUT2D eigenvalue weighted by Crippen LogP contribution is -2.42. The topological polar surface area (TPSA) is 98.7 Å². The van der Waals surface area contributed by atoms with Crippen LogP contribution in [0.25, 0.3) is 0 Å². The van der Waals surface area contributed by atoms with E-state index < -0.39 is 18.0 Å². The van der Waals surface area contributed by atoms with E-state index in [0.29, 0.717) is 5.56 Å². The summed E-state index contributed by atoms with van der Waals surface area (Å²) in [6.07, 6.45) is 0.156. The fraction of sp³-hybridized carbons (Fsp3) is 0.357. The Bertz CT molecular complexity index is 502. The third kappa shape index (κ3) is 5.52. The van der Waals surface area contributed by atoms with E-state index in [4.69, 9.17) is 5.11 Å². The summed E-state index contributed by atoms with van der Waals surface area (Å²) in [6, 6.07) is 6.63. The van der Waals surface area contributed by atoms with Crippen LogP contribution in [0.4, 0.5) is 4.79 Å². The fourth-order valence-electron chi connectivity index (χ4n) is 1.62. The SMILES string of the molecule is CN(C)C(=O)CCNC(=O)N[C@@H](C(=O)O)c1ccccc1. The first-order valence-electron chi connectivity index (χ1n) is 6.44. The second kappa shape index (κ2) is 7.88. The molecule has 0 fully saturated rings. The summed E-state index contributed by atoms with van der Waals surface area (Å²) in [7, 11) is 3.25. The van der Waals surface area contributed by atoms with E-state index in [1.807, 2.05) is 0 Å². The molecule has 0 radical (unpaired) electrons. The zero-order chi connectivity index (χ0) is 15.8. The molecule has 0 aliphatic heterocycles. The van der Waals surface area contributed by atoms with Gasteiger partial charge in [0.05, 0.1) is 0 Å². The first-order valence-corrected chi connectivity index (χ1v) is 6.44. The van der Waals surface area contributed by atoms with Gasteiger partial charge in [0.2, 0.25) is 5.91 Å². The predicted octanol–water partition coefficient (Wildman–Crippen LogP) is 0.590. The van der Waals surface area contributed by atoms with Gasteiger partial charge in [-0.1, -0.05) is 30.3 Å². The van der Waals surface area contributed by atoms with Gasteiger partial charge in [-0.3, -0.25) is 4.79 Å². The number of rotatable bonds is 6. The van der Waals surface area contributed by atoms with E-state index in [-0.39, 0.29) is 18.9 Å². The number of aliphatic carboxylic acids is 1. The predicted molar refractivity (Wildman–Crippen MR) is 76.7 cm³/mol. The van der Waals surface area contributed by atoms with Crippen LogP contribution in [0.5, 0.6) is 0 Å². The Morgan fingerprint density at radius 1 is 1.19 bits per heavy atom. The van der Waals surface area contributed by atoms with Gasteiger partial charge in [-0.15, -0.1) is 0 Å². The molecule has 0 saturated carbocycles. The smallest absolute Gasteiger partial charge is 0.330 e. The van der Waals surface area contributed by atoms with Gasteiger partial charge in [0.25, 0.3) is 0 Å². The lowest BCUT2D eigenvalue weighted by Gasteiger charge is -2.16. The molecule has 1 atom stereocenters. The van der Waals surface area contributed by atoms with Crippen LogP contribution in [-0.4, -0.2) is 48.6 Å². The number of carbonyl (C=O) groups excluding carboxylic acids is 2. The summed E-state index contributed by atoms with van der Waals surface area (Å²) in [5.41, 5.74) is 0.476. The Labute approximate surface area is 122 Å². The maximum Gasteiger partial charge on any atom is 0.330 e.